The van der Waals surface area contributed by atoms with Crippen molar-refractivity contribution in [3.05, 3.63) is 0 Å². The maximum Gasteiger partial charge on any atom is 0.177 e. The lowest BCUT2D eigenvalue weighted by atomic mass is 9.54. The molecule has 3 atom stereocenters. The summed E-state index contributed by atoms with van der Waals surface area (Å²) in [6.07, 6.45) is 3.57. The van der Waals surface area contributed by atoms with Crippen LogP contribution in [0.4, 0.5) is 0 Å². The predicted octanol–water partition coefficient (Wildman–Crippen LogP) is -0.303. The number of nitrogens with one attached hydrogen (secondary N) is 1. The minimum Gasteiger partial charge on any atom is -0.299 e. The van der Waals surface area contributed by atoms with E-state index in [1.54, 1.807) is 0 Å². The number of hydrogen-bond donors (Lipinski definition) is 1. The lowest BCUT2D eigenvalue weighted by Gasteiger charge is -2.64. The van der Waals surface area contributed by atoms with Crippen LogP contribution in [0.25, 0.3) is 0 Å². The second-order valence-corrected chi connectivity index (χ2v) is 5.07. The summed E-state index contributed by atoms with van der Waals surface area (Å²) in [5, 5.41) is 0. The van der Waals surface area contributed by atoms with Crippen molar-refractivity contribution in [3.8, 4) is 0 Å². The number of hydrogen-bond acceptors (Lipinski definition) is 4. The Morgan fingerprint density at radius 3 is 3.07 bits per heavy atom. The van der Waals surface area contributed by atoms with Crippen LogP contribution in [-0.2, 0) is 9.63 Å². The standard InChI is InChI=1S/C10H14N2O2/c13-8-9(5-11-14-6-9)12-4-2-7-1-3-10(7,8)12/h7,11H,1-6H2. The molecule has 2 spiro atoms. The molecule has 0 radical (unpaired) electrons. The van der Waals surface area contributed by atoms with Crippen molar-refractivity contribution in [1.29, 1.82) is 0 Å². The van der Waals surface area contributed by atoms with Crippen molar-refractivity contribution < 1.29 is 9.63 Å². The monoisotopic (exact) mass is 194 g/mol. The molecule has 0 amide bonds. The zero-order valence-corrected chi connectivity index (χ0v) is 8.08. The van der Waals surface area contributed by atoms with Crippen molar-refractivity contribution in [1.82, 2.24) is 10.4 Å². The summed E-state index contributed by atoms with van der Waals surface area (Å²) >= 11 is 0. The first-order valence-corrected chi connectivity index (χ1v) is 5.48. The van der Waals surface area contributed by atoms with Crippen LogP contribution in [0.2, 0.25) is 0 Å². The van der Waals surface area contributed by atoms with Crippen molar-refractivity contribution in [2.45, 2.75) is 30.3 Å². The van der Waals surface area contributed by atoms with E-state index in [1.165, 1.54) is 12.8 Å². The zero-order valence-electron chi connectivity index (χ0n) is 8.08. The molecule has 0 aromatic carbocycles. The molecule has 4 rings (SSSR count). The number of rotatable bonds is 0. The second kappa shape index (κ2) is 2.05. The van der Waals surface area contributed by atoms with Gasteiger partial charge in [0.25, 0.3) is 0 Å². The van der Waals surface area contributed by atoms with Gasteiger partial charge in [-0.1, -0.05) is 0 Å². The van der Waals surface area contributed by atoms with Crippen LogP contribution in [0, 0.1) is 5.92 Å². The van der Waals surface area contributed by atoms with Crippen LogP contribution in [0.5, 0.6) is 0 Å². The van der Waals surface area contributed by atoms with Gasteiger partial charge in [0.05, 0.1) is 12.1 Å². The molecule has 3 saturated heterocycles. The Hall–Kier alpha value is -0.450. The Morgan fingerprint density at radius 1 is 1.50 bits per heavy atom. The average Bonchev–Trinajstić information content (AvgIpc) is 2.71. The van der Waals surface area contributed by atoms with Crippen LogP contribution in [0.15, 0.2) is 0 Å². The Morgan fingerprint density at radius 2 is 2.43 bits per heavy atom. The molecular weight excluding hydrogens is 180 g/mol. The van der Waals surface area contributed by atoms with Crippen LogP contribution < -0.4 is 5.48 Å². The molecule has 3 heterocycles. The van der Waals surface area contributed by atoms with Gasteiger partial charge in [0, 0.05) is 13.1 Å². The number of fused-ring (bicyclic) bond motifs is 1. The molecular formula is C10H14N2O2. The second-order valence-electron chi connectivity index (χ2n) is 5.07. The van der Waals surface area contributed by atoms with Gasteiger partial charge < -0.3 is 0 Å². The van der Waals surface area contributed by atoms with Crippen LogP contribution >= 0.6 is 0 Å². The van der Waals surface area contributed by atoms with Gasteiger partial charge in [-0.2, -0.15) is 0 Å². The average molecular weight is 194 g/mol. The molecule has 0 aromatic rings. The molecule has 1 saturated carbocycles. The summed E-state index contributed by atoms with van der Waals surface area (Å²) in [6, 6.07) is 0. The molecule has 76 valence electrons. The molecule has 14 heavy (non-hydrogen) atoms. The van der Waals surface area contributed by atoms with Gasteiger partial charge >= 0.3 is 0 Å². The van der Waals surface area contributed by atoms with Gasteiger partial charge in [-0.3, -0.25) is 14.5 Å². The Kier molecular flexibility index (Phi) is 1.14. The van der Waals surface area contributed by atoms with E-state index >= 15 is 0 Å². The summed E-state index contributed by atoms with van der Waals surface area (Å²) in [6.45, 7) is 2.35. The molecule has 4 aliphatic rings. The maximum atomic E-state index is 12.3. The number of carbonyl (C=O) groups is 1. The lowest BCUT2D eigenvalue weighted by Crippen LogP contribution is -2.85. The number of hydroxylamine groups is 1. The van der Waals surface area contributed by atoms with E-state index in [9.17, 15) is 4.79 Å². The third-order valence-electron chi connectivity index (χ3n) is 4.84. The SMILES string of the molecule is O=C1C2(CNOC2)N2CCC3CCC132. The summed E-state index contributed by atoms with van der Waals surface area (Å²) in [5.74, 6) is 1.13. The van der Waals surface area contributed by atoms with Crippen LogP contribution in [0.3, 0.4) is 0 Å². The Labute approximate surface area is 82.5 Å². The number of carbonyl (C=O) groups excluding carboxylic acids is 1. The normalized spacial score (nSPS) is 55.4. The minimum atomic E-state index is -0.269. The largest absolute Gasteiger partial charge is 0.299 e. The predicted molar refractivity (Wildman–Crippen MR) is 48.5 cm³/mol. The van der Waals surface area contributed by atoms with Gasteiger partial charge in [0.2, 0.25) is 0 Å². The van der Waals surface area contributed by atoms with E-state index < -0.39 is 0 Å². The van der Waals surface area contributed by atoms with Crippen molar-refractivity contribution in [3.63, 3.8) is 0 Å². The van der Waals surface area contributed by atoms with E-state index in [0.717, 1.165) is 13.0 Å². The van der Waals surface area contributed by atoms with Crippen molar-refractivity contribution >= 4 is 5.78 Å². The first-order chi connectivity index (χ1) is 6.81. The first-order valence-electron chi connectivity index (χ1n) is 5.48. The molecule has 4 fully saturated rings. The highest BCUT2D eigenvalue weighted by Crippen LogP contribution is 2.61. The highest BCUT2D eigenvalue weighted by Gasteiger charge is 2.77. The quantitative estimate of drug-likeness (QED) is 0.574. The zero-order chi connectivity index (χ0) is 9.39. The van der Waals surface area contributed by atoms with Gasteiger partial charge in [0.1, 0.15) is 5.54 Å². The Bertz CT molecular complexity index is 324. The molecule has 0 aromatic heterocycles. The minimum absolute atomic E-state index is 0.0185. The topological polar surface area (TPSA) is 41.6 Å². The molecule has 1 N–H and O–H groups in total. The fraction of sp³-hybridized carbons (Fsp3) is 0.900. The smallest absolute Gasteiger partial charge is 0.177 e. The van der Waals surface area contributed by atoms with Crippen molar-refractivity contribution in [2.75, 3.05) is 19.7 Å². The van der Waals surface area contributed by atoms with Gasteiger partial charge in [-0.05, 0) is 25.2 Å². The fourth-order valence-electron chi connectivity index (χ4n) is 4.05. The van der Waals surface area contributed by atoms with E-state index in [2.05, 4.69) is 10.4 Å². The van der Waals surface area contributed by atoms with E-state index in [-0.39, 0.29) is 11.1 Å². The highest BCUT2D eigenvalue weighted by molar-refractivity contribution is 6.05. The van der Waals surface area contributed by atoms with Gasteiger partial charge in [-0.25, -0.2) is 5.48 Å². The number of ketones is 1. The lowest BCUT2D eigenvalue weighted by molar-refractivity contribution is -0.187. The van der Waals surface area contributed by atoms with Crippen LogP contribution in [-0.4, -0.2) is 41.5 Å². The third kappa shape index (κ3) is 0.524. The molecule has 0 bridgehead atoms. The highest BCUT2D eigenvalue weighted by atomic mass is 16.7. The van der Waals surface area contributed by atoms with Crippen molar-refractivity contribution in [2.24, 2.45) is 5.92 Å². The molecule has 3 unspecified atom stereocenters. The maximum absolute atomic E-state index is 12.3. The van der Waals surface area contributed by atoms with E-state index in [1.807, 2.05) is 0 Å². The summed E-state index contributed by atoms with van der Waals surface area (Å²) in [7, 11) is 0. The summed E-state index contributed by atoms with van der Waals surface area (Å²) in [4.78, 5) is 19.9. The molecule has 4 heteroatoms. The molecule has 1 aliphatic carbocycles. The fourth-order valence-corrected chi connectivity index (χ4v) is 4.05. The molecule has 4 nitrogen and oxygen atoms in total. The molecule has 3 aliphatic heterocycles. The first kappa shape index (κ1) is 7.79. The van der Waals surface area contributed by atoms with E-state index in [0.29, 0.717) is 24.9 Å². The van der Waals surface area contributed by atoms with E-state index in [4.69, 9.17) is 4.84 Å². The Balaban J connectivity index is 1.77. The third-order valence-corrected chi connectivity index (χ3v) is 4.84. The van der Waals surface area contributed by atoms with Gasteiger partial charge in [-0.15, -0.1) is 0 Å². The van der Waals surface area contributed by atoms with Gasteiger partial charge in [0.15, 0.2) is 5.78 Å². The summed E-state index contributed by atoms with van der Waals surface area (Å²) in [5.41, 5.74) is 2.56. The summed E-state index contributed by atoms with van der Waals surface area (Å²) < 4.78 is 0. The number of nitrogens with zero attached hydrogens (tertiary/aromatic N) is 1. The number of Topliss-reactive ketones (excluding diaryl/α,β-unsaturated/α-hetero) is 1. The van der Waals surface area contributed by atoms with Crippen LogP contribution in [0.1, 0.15) is 19.3 Å².